The van der Waals surface area contributed by atoms with E-state index in [1.54, 1.807) is 6.07 Å². The Balaban J connectivity index is 1.88. The van der Waals surface area contributed by atoms with Crippen LogP contribution in [0.5, 0.6) is 5.75 Å². The van der Waals surface area contributed by atoms with E-state index < -0.39 is 6.36 Å². The van der Waals surface area contributed by atoms with Gasteiger partial charge in [0.25, 0.3) is 0 Å². The second kappa shape index (κ2) is 8.24. The summed E-state index contributed by atoms with van der Waals surface area (Å²) < 4.78 is 41.0. The van der Waals surface area contributed by atoms with Crippen molar-refractivity contribution >= 4 is 5.96 Å². The number of ether oxygens (including phenoxy) is 1. The third-order valence-corrected chi connectivity index (χ3v) is 3.18. The van der Waals surface area contributed by atoms with Crippen molar-refractivity contribution in [3.8, 4) is 5.75 Å². The van der Waals surface area contributed by atoms with Gasteiger partial charge in [-0.15, -0.1) is 13.2 Å². The van der Waals surface area contributed by atoms with Gasteiger partial charge in [0.1, 0.15) is 5.75 Å². The lowest BCUT2D eigenvalue weighted by molar-refractivity contribution is -0.274. The number of benzene rings is 2. The minimum absolute atomic E-state index is 0.00355. The monoisotopic (exact) mass is 337 g/mol. The Kier molecular flexibility index (Phi) is 6.06. The highest BCUT2D eigenvalue weighted by atomic mass is 19.4. The molecule has 0 heterocycles. The van der Waals surface area contributed by atoms with Crippen LogP contribution in [0.15, 0.2) is 59.6 Å². The molecule has 0 bridgehead atoms. The Morgan fingerprint density at radius 1 is 1.04 bits per heavy atom. The van der Waals surface area contributed by atoms with Crippen LogP contribution in [-0.2, 0) is 13.0 Å². The first-order valence-corrected chi connectivity index (χ1v) is 7.35. The molecule has 0 saturated carbocycles. The van der Waals surface area contributed by atoms with Gasteiger partial charge in [-0.1, -0.05) is 48.5 Å². The van der Waals surface area contributed by atoms with Crippen molar-refractivity contribution in [3.63, 3.8) is 0 Å². The summed E-state index contributed by atoms with van der Waals surface area (Å²) >= 11 is 0. The number of rotatable bonds is 6. The van der Waals surface area contributed by atoms with Crippen molar-refractivity contribution in [3.05, 3.63) is 65.7 Å². The van der Waals surface area contributed by atoms with Crippen molar-refractivity contribution in [2.45, 2.75) is 19.3 Å². The molecule has 24 heavy (non-hydrogen) atoms. The minimum atomic E-state index is -4.74. The van der Waals surface area contributed by atoms with Gasteiger partial charge in [-0.3, -0.25) is 0 Å². The molecule has 0 aliphatic carbocycles. The van der Waals surface area contributed by atoms with Gasteiger partial charge in [-0.05, 0) is 18.1 Å². The zero-order chi connectivity index (χ0) is 17.4. The van der Waals surface area contributed by atoms with Crippen molar-refractivity contribution < 1.29 is 17.9 Å². The second-order valence-electron chi connectivity index (χ2n) is 5.02. The van der Waals surface area contributed by atoms with Gasteiger partial charge < -0.3 is 15.8 Å². The Hall–Kier alpha value is -2.70. The van der Waals surface area contributed by atoms with Crippen molar-refractivity contribution in [2.75, 3.05) is 6.54 Å². The summed E-state index contributed by atoms with van der Waals surface area (Å²) in [5.74, 6) is -0.0985. The Bertz CT molecular complexity index is 672. The average molecular weight is 337 g/mol. The van der Waals surface area contributed by atoms with Crippen LogP contribution >= 0.6 is 0 Å². The van der Waals surface area contributed by atoms with E-state index in [-0.39, 0.29) is 18.3 Å². The Morgan fingerprint density at radius 2 is 1.71 bits per heavy atom. The summed E-state index contributed by atoms with van der Waals surface area (Å²) in [6.45, 7) is 0.580. The number of nitrogens with one attached hydrogen (secondary N) is 1. The predicted molar refractivity (Wildman–Crippen MR) is 86.6 cm³/mol. The highest BCUT2D eigenvalue weighted by Crippen LogP contribution is 2.26. The summed E-state index contributed by atoms with van der Waals surface area (Å²) in [4.78, 5) is 4.05. The fraction of sp³-hybridized carbons (Fsp3) is 0.235. The molecule has 0 spiro atoms. The van der Waals surface area contributed by atoms with Crippen LogP contribution < -0.4 is 15.8 Å². The number of guanidine groups is 1. The van der Waals surface area contributed by atoms with E-state index in [2.05, 4.69) is 15.0 Å². The molecule has 2 rings (SSSR count). The molecule has 0 fully saturated rings. The molecule has 3 N–H and O–H groups in total. The normalized spacial score (nSPS) is 12.0. The number of hydrogen-bond acceptors (Lipinski definition) is 2. The summed E-state index contributed by atoms with van der Waals surface area (Å²) in [6.07, 6.45) is -3.97. The first-order chi connectivity index (χ1) is 11.4. The van der Waals surface area contributed by atoms with Crippen LogP contribution in [0.2, 0.25) is 0 Å². The zero-order valence-electron chi connectivity index (χ0n) is 12.9. The Morgan fingerprint density at radius 3 is 2.42 bits per heavy atom. The number of alkyl halides is 3. The van der Waals surface area contributed by atoms with Crippen LogP contribution in [0, 0.1) is 0 Å². The maximum absolute atomic E-state index is 12.4. The van der Waals surface area contributed by atoms with E-state index in [1.165, 1.54) is 18.2 Å². The second-order valence-corrected chi connectivity index (χ2v) is 5.02. The van der Waals surface area contributed by atoms with Crippen LogP contribution in [-0.4, -0.2) is 18.9 Å². The van der Waals surface area contributed by atoms with E-state index >= 15 is 0 Å². The van der Waals surface area contributed by atoms with E-state index in [9.17, 15) is 13.2 Å². The van der Waals surface area contributed by atoms with Gasteiger partial charge in [0, 0.05) is 12.1 Å². The van der Waals surface area contributed by atoms with Crippen LogP contribution in [0.4, 0.5) is 13.2 Å². The number of para-hydroxylation sites is 1. The largest absolute Gasteiger partial charge is 0.573 e. The molecule has 0 unspecified atom stereocenters. The van der Waals surface area contributed by atoms with Crippen LogP contribution in [0.3, 0.4) is 0 Å². The van der Waals surface area contributed by atoms with Gasteiger partial charge in [-0.2, -0.15) is 0 Å². The lowest BCUT2D eigenvalue weighted by Gasteiger charge is -2.12. The summed E-state index contributed by atoms with van der Waals surface area (Å²) in [5, 5.41) is 2.93. The molecule has 2 aromatic rings. The van der Waals surface area contributed by atoms with Gasteiger partial charge in [0.15, 0.2) is 5.96 Å². The molecule has 0 aliphatic rings. The highest BCUT2D eigenvalue weighted by molar-refractivity contribution is 5.77. The van der Waals surface area contributed by atoms with Gasteiger partial charge in [0.2, 0.25) is 0 Å². The molecule has 128 valence electrons. The average Bonchev–Trinajstić information content (AvgIpc) is 2.54. The molecular formula is C17H18F3N3O. The van der Waals surface area contributed by atoms with Crippen molar-refractivity contribution in [1.82, 2.24) is 5.32 Å². The quantitative estimate of drug-likeness (QED) is 0.628. The van der Waals surface area contributed by atoms with Gasteiger partial charge in [-0.25, -0.2) is 4.99 Å². The number of hydrogen-bond donors (Lipinski definition) is 2. The van der Waals surface area contributed by atoms with Crippen molar-refractivity contribution in [2.24, 2.45) is 10.7 Å². The van der Waals surface area contributed by atoms with Crippen LogP contribution in [0.25, 0.3) is 0 Å². The van der Waals surface area contributed by atoms with E-state index in [0.717, 1.165) is 12.0 Å². The number of nitrogens with two attached hydrogens (primary N) is 1. The Labute approximate surface area is 138 Å². The predicted octanol–water partition coefficient (Wildman–Crippen LogP) is 3.23. The summed E-state index contributed by atoms with van der Waals surface area (Å²) in [7, 11) is 0. The zero-order valence-corrected chi connectivity index (χ0v) is 12.9. The molecule has 0 saturated heterocycles. The highest BCUT2D eigenvalue weighted by Gasteiger charge is 2.31. The van der Waals surface area contributed by atoms with E-state index in [4.69, 9.17) is 5.73 Å². The molecule has 0 aliphatic heterocycles. The summed E-state index contributed by atoms with van der Waals surface area (Å²) in [6, 6.07) is 15.7. The molecule has 0 amide bonds. The van der Waals surface area contributed by atoms with E-state index in [0.29, 0.717) is 12.1 Å². The lowest BCUT2D eigenvalue weighted by atomic mass is 10.1. The molecule has 0 aromatic heterocycles. The topological polar surface area (TPSA) is 59.6 Å². The number of halogens is 3. The summed E-state index contributed by atoms with van der Waals surface area (Å²) in [5.41, 5.74) is 7.20. The minimum Gasteiger partial charge on any atom is -0.405 e. The fourth-order valence-corrected chi connectivity index (χ4v) is 2.06. The third-order valence-electron chi connectivity index (χ3n) is 3.18. The molecular weight excluding hydrogens is 319 g/mol. The number of aliphatic imine (C=N–C) groups is 1. The van der Waals surface area contributed by atoms with Crippen LogP contribution in [0.1, 0.15) is 11.1 Å². The smallest absolute Gasteiger partial charge is 0.405 e. The van der Waals surface area contributed by atoms with Gasteiger partial charge >= 0.3 is 6.36 Å². The van der Waals surface area contributed by atoms with E-state index in [1.807, 2.05) is 30.3 Å². The standard InChI is InChI=1S/C17H18F3N3O/c18-17(19,20)24-15-9-5-4-8-14(15)12-23-16(21)22-11-10-13-6-2-1-3-7-13/h1-9H,10-12H2,(H3,21,22,23). The molecule has 7 heteroatoms. The maximum atomic E-state index is 12.4. The van der Waals surface area contributed by atoms with Crippen molar-refractivity contribution in [1.29, 1.82) is 0 Å². The lowest BCUT2D eigenvalue weighted by Crippen LogP contribution is -2.33. The first-order valence-electron chi connectivity index (χ1n) is 7.35. The molecule has 0 atom stereocenters. The maximum Gasteiger partial charge on any atom is 0.573 e. The SMILES string of the molecule is NC(=NCc1ccccc1OC(F)(F)F)NCCc1ccccc1. The fourth-order valence-electron chi connectivity index (χ4n) is 2.06. The third kappa shape index (κ3) is 6.20. The molecule has 0 radical (unpaired) electrons. The molecule has 4 nitrogen and oxygen atoms in total. The first kappa shape index (κ1) is 17.7. The number of nitrogens with zero attached hydrogens (tertiary/aromatic N) is 1. The molecule has 2 aromatic carbocycles. The van der Waals surface area contributed by atoms with Gasteiger partial charge in [0.05, 0.1) is 6.54 Å².